The van der Waals surface area contributed by atoms with Gasteiger partial charge in [-0.1, -0.05) is 24.6 Å². The van der Waals surface area contributed by atoms with Gasteiger partial charge in [0.2, 0.25) is 0 Å². The van der Waals surface area contributed by atoms with E-state index in [1.165, 1.54) is 0 Å². The second kappa shape index (κ2) is 6.04. The van der Waals surface area contributed by atoms with Crippen LogP contribution in [0, 0.1) is 5.41 Å². The first kappa shape index (κ1) is 16.2. The van der Waals surface area contributed by atoms with Gasteiger partial charge in [0, 0.05) is 17.8 Å². The maximum absolute atomic E-state index is 12.2. The van der Waals surface area contributed by atoms with Crippen molar-refractivity contribution >= 4 is 11.8 Å². The summed E-state index contributed by atoms with van der Waals surface area (Å²) in [6.07, 6.45) is 5.11. The van der Waals surface area contributed by atoms with Gasteiger partial charge in [0.1, 0.15) is 0 Å². The molecule has 1 aliphatic rings. The van der Waals surface area contributed by atoms with Crippen molar-refractivity contribution in [2.75, 3.05) is 12.3 Å². The zero-order valence-corrected chi connectivity index (χ0v) is 12.3. The van der Waals surface area contributed by atoms with Crippen LogP contribution in [0.25, 0.3) is 0 Å². The van der Waals surface area contributed by atoms with E-state index in [9.17, 15) is 13.2 Å². The first-order chi connectivity index (χ1) is 8.12. The number of thioether (sulfide) groups is 1. The molecule has 0 atom stereocenters. The van der Waals surface area contributed by atoms with Crippen molar-refractivity contribution < 1.29 is 13.2 Å². The molecule has 5 heteroatoms. The Bertz CT molecular complexity index is 252. The zero-order chi connectivity index (χ0) is 13.9. The van der Waals surface area contributed by atoms with Crippen LogP contribution < -0.4 is 5.32 Å². The molecule has 18 heavy (non-hydrogen) atoms. The number of hydrogen-bond donors (Lipinski definition) is 1. The maximum Gasteiger partial charge on any atom is 0.441 e. The Hall–Kier alpha value is 0.100. The van der Waals surface area contributed by atoms with Gasteiger partial charge >= 0.3 is 5.51 Å². The average molecular weight is 283 g/mol. The van der Waals surface area contributed by atoms with E-state index >= 15 is 0 Å². The van der Waals surface area contributed by atoms with Crippen LogP contribution in [0.4, 0.5) is 13.2 Å². The van der Waals surface area contributed by atoms with Crippen LogP contribution in [0.2, 0.25) is 0 Å². The minimum absolute atomic E-state index is 0.0345. The number of hydrogen-bond acceptors (Lipinski definition) is 2. The van der Waals surface area contributed by atoms with Crippen molar-refractivity contribution in [1.82, 2.24) is 5.32 Å². The molecule has 0 saturated heterocycles. The number of halogens is 3. The molecule has 0 aliphatic heterocycles. The zero-order valence-electron chi connectivity index (χ0n) is 11.5. The van der Waals surface area contributed by atoms with Crippen LogP contribution in [-0.2, 0) is 0 Å². The largest absolute Gasteiger partial charge is 0.441 e. The SMILES string of the molecule is CC(C)(C)NCC1(CCSC(F)(F)F)CCCC1. The summed E-state index contributed by atoms with van der Waals surface area (Å²) in [5.74, 6) is 0.190. The third kappa shape index (κ3) is 6.32. The average Bonchev–Trinajstić information content (AvgIpc) is 2.61. The molecule has 0 bridgehead atoms. The molecule has 0 aromatic carbocycles. The molecule has 0 spiro atoms. The number of nitrogens with one attached hydrogen (secondary N) is 1. The van der Waals surface area contributed by atoms with Gasteiger partial charge in [0.15, 0.2) is 0 Å². The third-order valence-electron chi connectivity index (χ3n) is 3.56. The molecular formula is C13H24F3NS. The van der Waals surface area contributed by atoms with E-state index in [2.05, 4.69) is 26.1 Å². The highest BCUT2D eigenvalue weighted by atomic mass is 32.2. The van der Waals surface area contributed by atoms with Crippen molar-refractivity contribution in [3.63, 3.8) is 0 Å². The van der Waals surface area contributed by atoms with E-state index in [4.69, 9.17) is 0 Å². The molecule has 1 aliphatic carbocycles. The van der Waals surface area contributed by atoms with E-state index in [1.807, 2.05) is 0 Å². The van der Waals surface area contributed by atoms with E-state index in [0.717, 1.165) is 32.2 Å². The fourth-order valence-electron chi connectivity index (χ4n) is 2.48. The molecule has 1 N–H and O–H groups in total. The summed E-state index contributed by atoms with van der Waals surface area (Å²) in [6.45, 7) is 7.13. The molecule has 0 amide bonds. The smallest absolute Gasteiger partial charge is 0.312 e. The third-order valence-corrected chi connectivity index (χ3v) is 4.29. The highest BCUT2D eigenvalue weighted by Gasteiger charge is 2.36. The van der Waals surface area contributed by atoms with E-state index < -0.39 is 5.51 Å². The Labute approximate surface area is 112 Å². The minimum atomic E-state index is -4.09. The lowest BCUT2D eigenvalue weighted by Gasteiger charge is -2.33. The Morgan fingerprint density at radius 1 is 1.11 bits per heavy atom. The van der Waals surface area contributed by atoms with Crippen LogP contribution in [0.5, 0.6) is 0 Å². The van der Waals surface area contributed by atoms with Crippen molar-refractivity contribution in [3.8, 4) is 0 Å². The van der Waals surface area contributed by atoms with Crippen LogP contribution in [0.1, 0.15) is 52.9 Å². The lowest BCUT2D eigenvalue weighted by Crippen LogP contribution is -2.43. The molecule has 108 valence electrons. The molecule has 0 radical (unpaired) electrons. The predicted octanol–water partition coefficient (Wildman–Crippen LogP) is 4.58. The summed E-state index contributed by atoms with van der Waals surface area (Å²) in [5.41, 5.74) is -3.96. The summed E-state index contributed by atoms with van der Waals surface area (Å²) in [4.78, 5) is 0. The second-order valence-electron chi connectivity index (χ2n) is 6.35. The number of alkyl halides is 3. The predicted molar refractivity (Wildman–Crippen MR) is 71.8 cm³/mol. The molecule has 0 aromatic rings. The van der Waals surface area contributed by atoms with Crippen LogP contribution >= 0.6 is 11.8 Å². The van der Waals surface area contributed by atoms with Gasteiger partial charge in [-0.3, -0.25) is 0 Å². The quantitative estimate of drug-likeness (QED) is 0.792. The molecule has 1 rings (SSSR count). The highest BCUT2D eigenvalue weighted by Crippen LogP contribution is 2.43. The Morgan fingerprint density at radius 3 is 2.11 bits per heavy atom. The van der Waals surface area contributed by atoms with Gasteiger partial charge < -0.3 is 5.32 Å². The molecule has 0 heterocycles. The van der Waals surface area contributed by atoms with Crippen molar-refractivity contribution in [2.45, 2.75) is 63.9 Å². The van der Waals surface area contributed by atoms with Crippen LogP contribution in [-0.4, -0.2) is 23.3 Å². The van der Waals surface area contributed by atoms with Gasteiger partial charge in [-0.05, 0) is 45.4 Å². The normalized spacial score (nSPS) is 20.3. The van der Waals surface area contributed by atoms with Crippen molar-refractivity contribution in [1.29, 1.82) is 0 Å². The molecule has 0 aromatic heterocycles. The minimum Gasteiger partial charge on any atom is -0.312 e. The fraction of sp³-hybridized carbons (Fsp3) is 1.00. The highest BCUT2D eigenvalue weighted by molar-refractivity contribution is 8.00. The number of rotatable bonds is 5. The second-order valence-corrected chi connectivity index (χ2v) is 7.51. The molecule has 1 fully saturated rings. The summed E-state index contributed by atoms with van der Waals surface area (Å²) in [5, 5.41) is 3.46. The lowest BCUT2D eigenvalue weighted by molar-refractivity contribution is -0.0329. The topological polar surface area (TPSA) is 12.0 Å². The molecular weight excluding hydrogens is 259 g/mol. The molecule has 1 saturated carbocycles. The van der Waals surface area contributed by atoms with Crippen LogP contribution in [0.15, 0.2) is 0 Å². The fourth-order valence-corrected chi connectivity index (χ4v) is 3.24. The first-order valence-electron chi connectivity index (χ1n) is 6.58. The van der Waals surface area contributed by atoms with E-state index in [0.29, 0.717) is 6.42 Å². The van der Waals surface area contributed by atoms with Gasteiger partial charge in [-0.15, -0.1) is 0 Å². The summed E-state index contributed by atoms with van der Waals surface area (Å²) in [7, 11) is 0. The monoisotopic (exact) mass is 283 g/mol. The first-order valence-corrected chi connectivity index (χ1v) is 7.56. The van der Waals surface area contributed by atoms with Crippen LogP contribution in [0.3, 0.4) is 0 Å². The van der Waals surface area contributed by atoms with Crippen molar-refractivity contribution in [3.05, 3.63) is 0 Å². The summed E-state index contributed by atoms with van der Waals surface area (Å²) >= 11 is 0.125. The standard InChI is InChI=1S/C13H24F3NS/c1-11(2,3)17-10-12(6-4-5-7-12)8-9-18-13(14,15)16/h17H,4-10H2,1-3H3. The maximum atomic E-state index is 12.2. The summed E-state index contributed by atoms with van der Waals surface area (Å²) in [6, 6.07) is 0. The lowest BCUT2D eigenvalue weighted by atomic mass is 9.82. The Balaban J connectivity index is 2.43. The van der Waals surface area contributed by atoms with Gasteiger partial charge in [-0.25, -0.2) is 0 Å². The van der Waals surface area contributed by atoms with Gasteiger partial charge in [0.05, 0.1) is 0 Å². The van der Waals surface area contributed by atoms with E-state index in [-0.39, 0.29) is 28.5 Å². The molecule has 0 unspecified atom stereocenters. The van der Waals surface area contributed by atoms with Gasteiger partial charge in [-0.2, -0.15) is 13.2 Å². The van der Waals surface area contributed by atoms with E-state index in [1.54, 1.807) is 0 Å². The van der Waals surface area contributed by atoms with Crippen molar-refractivity contribution in [2.24, 2.45) is 5.41 Å². The Kier molecular flexibility index (Phi) is 5.42. The van der Waals surface area contributed by atoms with Gasteiger partial charge in [0.25, 0.3) is 0 Å². The summed E-state index contributed by atoms with van der Waals surface area (Å²) < 4.78 is 36.5. The molecule has 1 nitrogen and oxygen atoms in total. The Morgan fingerprint density at radius 2 is 1.67 bits per heavy atom.